The molecular formula is C11H17NO. The van der Waals surface area contributed by atoms with Crippen molar-refractivity contribution in [3.05, 3.63) is 23.7 Å². The van der Waals surface area contributed by atoms with Crippen molar-refractivity contribution in [2.24, 2.45) is 11.7 Å². The standard InChI is InChI=1S/C11H17NO/c1-7-5-10(7)11-4-3-9(13-11)6-8(2)12/h3-4,7-8,10H,5-6,12H2,1-2H3. The van der Waals surface area contributed by atoms with Crippen molar-refractivity contribution in [1.29, 1.82) is 0 Å². The highest BCUT2D eigenvalue weighted by molar-refractivity contribution is 5.17. The molecule has 0 aliphatic heterocycles. The minimum absolute atomic E-state index is 0.190. The van der Waals surface area contributed by atoms with Crippen LogP contribution < -0.4 is 5.73 Å². The molecule has 1 aliphatic carbocycles. The Balaban J connectivity index is 2.01. The molecule has 1 saturated carbocycles. The van der Waals surface area contributed by atoms with Crippen LogP contribution in [-0.2, 0) is 6.42 Å². The Morgan fingerprint density at radius 1 is 1.62 bits per heavy atom. The van der Waals surface area contributed by atoms with E-state index in [9.17, 15) is 0 Å². The summed E-state index contributed by atoms with van der Waals surface area (Å²) in [5.41, 5.74) is 5.69. The highest BCUT2D eigenvalue weighted by atomic mass is 16.3. The van der Waals surface area contributed by atoms with Gasteiger partial charge < -0.3 is 10.2 Å². The van der Waals surface area contributed by atoms with E-state index in [2.05, 4.69) is 19.1 Å². The lowest BCUT2D eigenvalue weighted by molar-refractivity contribution is 0.450. The van der Waals surface area contributed by atoms with Crippen LogP contribution in [0.15, 0.2) is 16.5 Å². The summed E-state index contributed by atoms with van der Waals surface area (Å²) in [6.45, 7) is 4.26. The largest absolute Gasteiger partial charge is 0.466 e. The number of hydrogen-bond acceptors (Lipinski definition) is 2. The maximum absolute atomic E-state index is 5.71. The Morgan fingerprint density at radius 3 is 2.85 bits per heavy atom. The fraction of sp³-hybridized carbons (Fsp3) is 0.636. The van der Waals surface area contributed by atoms with Gasteiger partial charge in [0.25, 0.3) is 0 Å². The molecule has 0 aromatic carbocycles. The van der Waals surface area contributed by atoms with Crippen molar-refractivity contribution < 1.29 is 4.42 Å². The normalized spacial score (nSPS) is 28.8. The summed E-state index contributed by atoms with van der Waals surface area (Å²) in [4.78, 5) is 0. The molecule has 2 heteroatoms. The summed E-state index contributed by atoms with van der Waals surface area (Å²) in [5.74, 6) is 3.68. The number of rotatable bonds is 3. The molecule has 72 valence electrons. The third-order valence-electron chi connectivity index (χ3n) is 2.68. The summed E-state index contributed by atoms with van der Waals surface area (Å²) >= 11 is 0. The van der Waals surface area contributed by atoms with Gasteiger partial charge in [-0.3, -0.25) is 0 Å². The molecule has 13 heavy (non-hydrogen) atoms. The first-order valence-electron chi connectivity index (χ1n) is 5.01. The smallest absolute Gasteiger partial charge is 0.107 e. The highest BCUT2D eigenvalue weighted by Gasteiger charge is 2.36. The van der Waals surface area contributed by atoms with E-state index in [1.807, 2.05) is 6.92 Å². The number of furan rings is 1. The molecule has 3 atom stereocenters. The van der Waals surface area contributed by atoms with Crippen molar-refractivity contribution in [2.45, 2.75) is 38.6 Å². The second kappa shape index (κ2) is 3.18. The third-order valence-corrected chi connectivity index (χ3v) is 2.68. The van der Waals surface area contributed by atoms with Gasteiger partial charge in [0.15, 0.2) is 0 Å². The van der Waals surface area contributed by atoms with E-state index < -0.39 is 0 Å². The maximum Gasteiger partial charge on any atom is 0.107 e. The molecule has 3 unspecified atom stereocenters. The molecule has 0 amide bonds. The van der Waals surface area contributed by atoms with Gasteiger partial charge in [-0.1, -0.05) is 6.92 Å². The molecule has 2 N–H and O–H groups in total. The summed E-state index contributed by atoms with van der Waals surface area (Å²) in [6.07, 6.45) is 2.13. The lowest BCUT2D eigenvalue weighted by Crippen LogP contribution is -2.17. The van der Waals surface area contributed by atoms with Crippen LogP contribution in [0.5, 0.6) is 0 Å². The Hall–Kier alpha value is -0.760. The fourth-order valence-electron chi connectivity index (χ4n) is 1.74. The monoisotopic (exact) mass is 179 g/mol. The average Bonchev–Trinajstić information content (AvgIpc) is 2.60. The molecule has 0 bridgehead atoms. The van der Waals surface area contributed by atoms with Crippen molar-refractivity contribution in [3.8, 4) is 0 Å². The van der Waals surface area contributed by atoms with Gasteiger partial charge in [-0.15, -0.1) is 0 Å². The summed E-state index contributed by atoms with van der Waals surface area (Å²) in [5, 5.41) is 0. The van der Waals surface area contributed by atoms with Crippen LogP contribution in [0, 0.1) is 5.92 Å². The van der Waals surface area contributed by atoms with Gasteiger partial charge >= 0.3 is 0 Å². The minimum atomic E-state index is 0.190. The predicted octanol–water partition coefficient (Wildman–Crippen LogP) is 2.29. The van der Waals surface area contributed by atoms with Gasteiger partial charge in [0.2, 0.25) is 0 Å². The van der Waals surface area contributed by atoms with Crippen LogP contribution in [0.4, 0.5) is 0 Å². The Bertz CT molecular complexity index is 290. The second-order valence-corrected chi connectivity index (χ2v) is 4.30. The van der Waals surface area contributed by atoms with Gasteiger partial charge in [0, 0.05) is 18.4 Å². The zero-order valence-electron chi connectivity index (χ0n) is 8.29. The topological polar surface area (TPSA) is 39.2 Å². The first kappa shape index (κ1) is 8.82. The molecule has 0 radical (unpaired) electrons. The molecule has 2 nitrogen and oxygen atoms in total. The second-order valence-electron chi connectivity index (χ2n) is 4.30. The van der Waals surface area contributed by atoms with Gasteiger partial charge in [-0.05, 0) is 31.4 Å². The van der Waals surface area contributed by atoms with Gasteiger partial charge in [0.1, 0.15) is 11.5 Å². The van der Waals surface area contributed by atoms with E-state index >= 15 is 0 Å². The van der Waals surface area contributed by atoms with E-state index in [1.54, 1.807) is 0 Å². The van der Waals surface area contributed by atoms with Crippen molar-refractivity contribution in [3.63, 3.8) is 0 Å². The Labute approximate surface area is 79.1 Å². The minimum Gasteiger partial charge on any atom is -0.466 e. The molecule has 2 rings (SSSR count). The Morgan fingerprint density at radius 2 is 2.31 bits per heavy atom. The molecule has 1 aliphatic rings. The first-order chi connectivity index (χ1) is 6.16. The Kier molecular flexibility index (Phi) is 2.16. The van der Waals surface area contributed by atoms with Crippen LogP contribution in [-0.4, -0.2) is 6.04 Å². The fourth-order valence-corrected chi connectivity index (χ4v) is 1.74. The molecule has 0 spiro atoms. The average molecular weight is 179 g/mol. The van der Waals surface area contributed by atoms with Crippen molar-refractivity contribution in [2.75, 3.05) is 0 Å². The number of hydrogen-bond donors (Lipinski definition) is 1. The lowest BCUT2D eigenvalue weighted by Gasteiger charge is -2.00. The summed E-state index contributed by atoms with van der Waals surface area (Å²) in [6, 6.07) is 4.35. The summed E-state index contributed by atoms with van der Waals surface area (Å²) in [7, 11) is 0. The molecule has 1 heterocycles. The van der Waals surface area contributed by atoms with Crippen molar-refractivity contribution in [1.82, 2.24) is 0 Å². The molecule has 0 saturated heterocycles. The zero-order chi connectivity index (χ0) is 9.42. The first-order valence-corrected chi connectivity index (χ1v) is 5.01. The predicted molar refractivity (Wildman–Crippen MR) is 52.6 cm³/mol. The van der Waals surface area contributed by atoms with Crippen LogP contribution in [0.3, 0.4) is 0 Å². The molecular weight excluding hydrogens is 162 g/mol. The van der Waals surface area contributed by atoms with Crippen LogP contribution in [0.1, 0.15) is 37.7 Å². The lowest BCUT2D eigenvalue weighted by atomic mass is 10.2. The maximum atomic E-state index is 5.71. The zero-order valence-corrected chi connectivity index (χ0v) is 8.29. The number of nitrogens with two attached hydrogens (primary N) is 1. The quantitative estimate of drug-likeness (QED) is 0.773. The highest BCUT2D eigenvalue weighted by Crippen LogP contribution is 2.47. The van der Waals surface area contributed by atoms with Crippen LogP contribution in [0.25, 0.3) is 0 Å². The van der Waals surface area contributed by atoms with E-state index in [-0.39, 0.29) is 6.04 Å². The molecule has 1 aromatic heterocycles. The van der Waals surface area contributed by atoms with E-state index in [0.29, 0.717) is 5.92 Å². The van der Waals surface area contributed by atoms with Crippen LogP contribution in [0.2, 0.25) is 0 Å². The third kappa shape index (κ3) is 1.94. The molecule has 1 aromatic rings. The molecule has 1 fully saturated rings. The van der Waals surface area contributed by atoms with E-state index in [0.717, 1.165) is 23.9 Å². The van der Waals surface area contributed by atoms with Gasteiger partial charge in [-0.2, -0.15) is 0 Å². The SMILES string of the molecule is CC(N)Cc1ccc(C2CC2C)o1. The van der Waals surface area contributed by atoms with E-state index in [1.165, 1.54) is 6.42 Å². The van der Waals surface area contributed by atoms with E-state index in [4.69, 9.17) is 10.2 Å². The van der Waals surface area contributed by atoms with Gasteiger partial charge in [-0.25, -0.2) is 0 Å². The van der Waals surface area contributed by atoms with Crippen LogP contribution >= 0.6 is 0 Å². The van der Waals surface area contributed by atoms with Crippen molar-refractivity contribution >= 4 is 0 Å². The van der Waals surface area contributed by atoms with Gasteiger partial charge in [0.05, 0.1) is 0 Å². The summed E-state index contributed by atoms with van der Waals surface area (Å²) < 4.78 is 5.71.